The molecule has 1 unspecified atom stereocenters. The molecule has 0 saturated carbocycles. The summed E-state index contributed by atoms with van der Waals surface area (Å²) in [5.41, 5.74) is 6.25. The van der Waals surface area contributed by atoms with Gasteiger partial charge in [-0.3, -0.25) is 0 Å². The standard InChI is InChI=1S/C30H34N4O2.Co/c1-6-34-27-17-16-25(36-5)20-26(27)30(2,21-22-12-14-24(15-13-22)33(3)4)28(34)18-19-31-32-29(35)23-10-8-7-9-11-23;/h7-20H,6,21H2,1-5H3,(H,32,35);/b28-18-,31-19+;. The second-order valence-corrected chi connectivity index (χ2v) is 9.30. The van der Waals surface area contributed by atoms with Crippen molar-refractivity contribution in [2.24, 2.45) is 10.2 Å². The van der Waals surface area contributed by atoms with E-state index in [1.807, 2.05) is 44.4 Å². The Kier molecular flexibility index (Phi) is 9.18. The fourth-order valence-electron chi connectivity index (χ4n) is 4.84. The van der Waals surface area contributed by atoms with Crippen LogP contribution in [0.1, 0.15) is 30.5 Å². The zero-order valence-corrected chi connectivity index (χ0v) is 23.0. The van der Waals surface area contributed by atoms with Crippen molar-refractivity contribution >= 4 is 23.5 Å². The van der Waals surface area contributed by atoms with E-state index >= 15 is 0 Å². The van der Waals surface area contributed by atoms with Gasteiger partial charge in [0, 0.05) is 65.5 Å². The molecule has 3 aromatic rings. The molecule has 1 N–H and O–H groups in total. The Morgan fingerprint density at radius 3 is 2.38 bits per heavy atom. The molecule has 0 bridgehead atoms. The number of rotatable bonds is 8. The first kappa shape index (κ1) is 28.0. The molecule has 1 aliphatic rings. The Bertz CT molecular complexity index is 1290. The van der Waals surface area contributed by atoms with Crippen molar-refractivity contribution in [3.63, 3.8) is 0 Å². The van der Waals surface area contributed by atoms with Gasteiger partial charge in [0.25, 0.3) is 0 Å². The molecule has 4 rings (SSSR count). The Morgan fingerprint density at radius 2 is 1.76 bits per heavy atom. The molecule has 37 heavy (non-hydrogen) atoms. The van der Waals surface area contributed by atoms with Crippen molar-refractivity contribution in [1.82, 2.24) is 0 Å². The summed E-state index contributed by atoms with van der Waals surface area (Å²) in [6.45, 7) is 5.23. The van der Waals surface area contributed by atoms with Crippen LogP contribution in [0.4, 0.5) is 11.4 Å². The van der Waals surface area contributed by atoms with E-state index in [9.17, 15) is 5.11 Å². The van der Waals surface area contributed by atoms with Gasteiger partial charge in [0.15, 0.2) is 0 Å². The van der Waals surface area contributed by atoms with Crippen LogP contribution in [-0.2, 0) is 28.6 Å². The van der Waals surface area contributed by atoms with E-state index in [2.05, 4.69) is 70.2 Å². The summed E-state index contributed by atoms with van der Waals surface area (Å²) in [5, 5.41) is 18.4. The first-order valence-electron chi connectivity index (χ1n) is 12.2. The molecular formula is C30H34CoN4O2. The van der Waals surface area contributed by atoms with E-state index in [1.54, 1.807) is 25.5 Å². The number of hydrogen-bond acceptors (Lipinski definition) is 5. The molecule has 0 aliphatic carbocycles. The summed E-state index contributed by atoms with van der Waals surface area (Å²) >= 11 is 0. The Balaban J connectivity index is 0.00000380. The van der Waals surface area contributed by atoms with Gasteiger partial charge in [-0.1, -0.05) is 30.3 Å². The third-order valence-corrected chi connectivity index (χ3v) is 6.76. The topological polar surface area (TPSA) is 60.7 Å². The van der Waals surface area contributed by atoms with Crippen LogP contribution in [0.3, 0.4) is 0 Å². The van der Waals surface area contributed by atoms with Gasteiger partial charge in [0.1, 0.15) is 5.75 Å². The first-order valence-corrected chi connectivity index (χ1v) is 12.2. The molecule has 0 saturated heterocycles. The minimum absolute atomic E-state index is 0. The number of aliphatic hydroxyl groups excluding tert-OH is 1. The van der Waals surface area contributed by atoms with Crippen LogP contribution in [0.2, 0.25) is 0 Å². The summed E-state index contributed by atoms with van der Waals surface area (Å²) in [4.78, 5) is 4.42. The van der Waals surface area contributed by atoms with Crippen LogP contribution >= 0.6 is 0 Å². The summed E-state index contributed by atoms with van der Waals surface area (Å²) in [5.74, 6) is 0.729. The van der Waals surface area contributed by atoms with Crippen LogP contribution < -0.4 is 14.5 Å². The van der Waals surface area contributed by atoms with Crippen LogP contribution in [0.15, 0.2) is 94.8 Å². The largest absolute Gasteiger partial charge is 0.497 e. The maximum atomic E-state index is 10.3. The van der Waals surface area contributed by atoms with Crippen molar-refractivity contribution in [3.05, 3.63) is 101 Å². The number of likely N-dealkylation sites (N-methyl/N-ethyl adjacent to an activating group) is 1. The first-order chi connectivity index (χ1) is 17.4. The molecule has 1 aliphatic heterocycles. The fraction of sp³-hybridized carbons (Fsp3) is 0.267. The Labute approximate surface area is 230 Å². The second-order valence-electron chi connectivity index (χ2n) is 9.30. The van der Waals surface area contributed by atoms with Gasteiger partial charge in [-0.15, -0.1) is 5.10 Å². The molecule has 7 heteroatoms. The molecule has 6 nitrogen and oxygen atoms in total. The van der Waals surface area contributed by atoms with Crippen molar-refractivity contribution in [3.8, 4) is 5.75 Å². The number of allylic oxidation sites excluding steroid dienone is 2. The number of anilines is 2. The van der Waals surface area contributed by atoms with E-state index in [-0.39, 0.29) is 28.1 Å². The summed E-state index contributed by atoms with van der Waals surface area (Å²) < 4.78 is 5.58. The average Bonchev–Trinajstić information content (AvgIpc) is 3.13. The minimum atomic E-state index is -0.309. The monoisotopic (exact) mass is 541 g/mol. The predicted octanol–water partition coefficient (Wildman–Crippen LogP) is 5.97. The van der Waals surface area contributed by atoms with Gasteiger partial charge >= 0.3 is 0 Å². The Morgan fingerprint density at radius 1 is 1.05 bits per heavy atom. The van der Waals surface area contributed by atoms with Gasteiger partial charge in [0.05, 0.1) is 13.3 Å². The summed E-state index contributed by atoms with van der Waals surface area (Å²) in [7, 11) is 5.80. The van der Waals surface area contributed by atoms with E-state index < -0.39 is 0 Å². The number of aliphatic hydroxyl groups is 1. The molecule has 0 amide bonds. The fourth-order valence-corrected chi connectivity index (χ4v) is 4.84. The maximum absolute atomic E-state index is 10.3. The molecule has 3 aromatic carbocycles. The normalized spacial score (nSPS) is 18.1. The summed E-state index contributed by atoms with van der Waals surface area (Å²) in [6, 6.07) is 24.2. The molecule has 0 spiro atoms. The number of methoxy groups -OCH3 is 1. The minimum Gasteiger partial charge on any atom is -0.497 e. The van der Waals surface area contributed by atoms with Crippen LogP contribution in [0.25, 0.3) is 0 Å². The van der Waals surface area contributed by atoms with Crippen molar-refractivity contribution in [2.75, 3.05) is 37.5 Å². The molecule has 1 radical (unpaired) electrons. The van der Waals surface area contributed by atoms with Crippen LogP contribution in [-0.4, -0.2) is 45.0 Å². The van der Waals surface area contributed by atoms with Gasteiger partial charge in [-0.05, 0) is 79.9 Å². The zero-order valence-electron chi connectivity index (χ0n) is 22.0. The number of hydrogen-bond donors (Lipinski definition) is 1. The van der Waals surface area contributed by atoms with Gasteiger partial charge in [-0.25, -0.2) is 0 Å². The zero-order chi connectivity index (χ0) is 25.7. The second kappa shape index (κ2) is 12.1. The molecule has 0 aromatic heterocycles. The number of ether oxygens (including phenoxy) is 1. The molecule has 1 atom stereocenters. The van der Waals surface area contributed by atoms with E-state index in [0.29, 0.717) is 5.56 Å². The Hall–Kier alpha value is -3.55. The summed E-state index contributed by atoms with van der Waals surface area (Å²) in [6.07, 6.45) is 4.48. The molecule has 195 valence electrons. The molecule has 1 heterocycles. The van der Waals surface area contributed by atoms with E-state index in [0.717, 1.165) is 24.4 Å². The van der Waals surface area contributed by atoms with Gasteiger partial charge in [0.2, 0.25) is 5.90 Å². The van der Waals surface area contributed by atoms with Crippen molar-refractivity contribution < 1.29 is 26.6 Å². The van der Waals surface area contributed by atoms with Gasteiger partial charge < -0.3 is 19.6 Å². The number of benzene rings is 3. The third-order valence-electron chi connectivity index (χ3n) is 6.76. The number of fused-ring (bicyclic) bond motifs is 1. The van der Waals surface area contributed by atoms with Crippen molar-refractivity contribution in [2.45, 2.75) is 25.7 Å². The number of nitrogens with zero attached hydrogens (tertiary/aromatic N) is 4. The molecule has 0 fully saturated rings. The average molecular weight is 542 g/mol. The van der Waals surface area contributed by atoms with E-state index in [1.165, 1.54) is 22.5 Å². The van der Waals surface area contributed by atoms with E-state index in [4.69, 9.17) is 4.74 Å². The van der Waals surface area contributed by atoms with Gasteiger partial charge in [-0.2, -0.15) is 5.10 Å². The SMILES string of the molecule is CCN1\C(=C/C=N/N=C(\O)c2ccccc2)C(C)(Cc2ccc(N(C)C)cc2)c2cc(OC)ccc21.[Co]. The third kappa shape index (κ3) is 5.89. The maximum Gasteiger partial charge on any atom is 0.238 e. The predicted molar refractivity (Wildman–Crippen MR) is 150 cm³/mol. The molecular weight excluding hydrogens is 507 g/mol. The van der Waals surface area contributed by atoms with Crippen molar-refractivity contribution in [1.29, 1.82) is 0 Å². The quantitative estimate of drug-likeness (QED) is 0.217. The van der Waals surface area contributed by atoms with Crippen LogP contribution in [0, 0.1) is 0 Å². The smallest absolute Gasteiger partial charge is 0.238 e. The van der Waals surface area contributed by atoms with Crippen LogP contribution in [0.5, 0.6) is 5.75 Å².